The molecule has 0 saturated carbocycles. The van der Waals surface area contributed by atoms with Crippen molar-refractivity contribution in [1.82, 2.24) is 0 Å². The third kappa shape index (κ3) is 65.3. The molecule has 0 rings (SSSR count). The summed E-state index contributed by atoms with van der Waals surface area (Å²) in [6, 6.07) is 0. The summed E-state index contributed by atoms with van der Waals surface area (Å²) in [5, 5.41) is 9.74. The maximum atomic E-state index is 12.9. The highest BCUT2D eigenvalue weighted by Crippen LogP contribution is 2.17. The Morgan fingerprint density at radius 2 is 0.687 bits per heavy atom. The van der Waals surface area contributed by atoms with Crippen molar-refractivity contribution < 1.29 is 42.9 Å². The molecule has 0 amide bonds. The summed E-state index contributed by atoms with van der Waals surface area (Å²) in [5.41, 5.74) is 0. The normalized spacial score (nSPS) is 13.4. The minimum absolute atomic E-state index is 0.181. The highest BCUT2D eigenvalue weighted by Gasteiger charge is 2.25. The lowest BCUT2D eigenvalue weighted by molar-refractivity contribution is -0.870. The molecule has 0 aromatic rings. The molecule has 2 atom stereocenters. The second-order valence-electron chi connectivity index (χ2n) is 23.7. The fourth-order valence-corrected chi connectivity index (χ4v) is 9.32. The van der Waals surface area contributed by atoms with Crippen molar-refractivity contribution >= 4 is 17.9 Å². The number of aliphatic carboxylic acids is 1. The number of rotatable bonds is 62. The maximum absolute atomic E-state index is 12.9. The molecule has 2 unspecified atom stereocenters. The lowest BCUT2D eigenvalue weighted by Gasteiger charge is -2.25. The van der Waals surface area contributed by atoms with Gasteiger partial charge in [-0.25, -0.2) is 4.79 Å². The molecule has 0 saturated heterocycles. The number of esters is 2. The number of hydrogen-bond acceptors (Lipinski definition) is 7. The van der Waals surface area contributed by atoms with Crippen LogP contribution < -0.4 is 0 Å². The third-order valence-corrected chi connectivity index (χ3v) is 14.5. The highest BCUT2D eigenvalue weighted by molar-refractivity contribution is 5.71. The molecule has 9 nitrogen and oxygen atoms in total. The van der Waals surface area contributed by atoms with Crippen molar-refractivity contribution in [2.75, 3.05) is 47.5 Å². The Balaban J connectivity index is 4.16. The number of hydrogen-bond donors (Lipinski definition) is 1. The quantitative estimate of drug-likeness (QED) is 0.0211. The predicted molar refractivity (Wildman–Crippen MR) is 355 cm³/mol. The molecule has 0 aromatic carbocycles. The molecule has 0 fully saturated rings. The second kappa shape index (κ2) is 64.0. The number of carbonyl (C=O) groups excluding carboxylic acids is 2. The van der Waals surface area contributed by atoms with Gasteiger partial charge in [-0.05, 0) is 103 Å². The summed E-state index contributed by atoms with van der Waals surface area (Å²) < 4.78 is 23.0. The van der Waals surface area contributed by atoms with Crippen LogP contribution in [0.5, 0.6) is 0 Å². The van der Waals surface area contributed by atoms with Crippen LogP contribution in [0.15, 0.2) is 109 Å². The molecule has 0 heterocycles. The first-order valence-corrected chi connectivity index (χ1v) is 34.1. The number of quaternary nitrogens is 1. The van der Waals surface area contributed by atoms with Gasteiger partial charge in [0, 0.05) is 12.8 Å². The molecule has 0 radical (unpaired) electrons. The second-order valence-corrected chi connectivity index (χ2v) is 23.7. The average Bonchev–Trinajstić information content (AvgIpc) is 3.46. The summed E-state index contributed by atoms with van der Waals surface area (Å²) in [6.07, 6.45) is 86.2. The Bertz CT molecular complexity index is 1730. The molecule has 0 bridgehead atoms. The fourth-order valence-electron chi connectivity index (χ4n) is 9.32. The van der Waals surface area contributed by atoms with E-state index in [4.69, 9.17) is 18.9 Å². The van der Waals surface area contributed by atoms with Gasteiger partial charge in [-0.1, -0.05) is 277 Å². The molecule has 476 valence electrons. The Morgan fingerprint density at radius 1 is 0.373 bits per heavy atom. The van der Waals surface area contributed by atoms with Gasteiger partial charge in [-0.15, -0.1) is 0 Å². The first-order valence-electron chi connectivity index (χ1n) is 34.1. The zero-order valence-corrected chi connectivity index (χ0v) is 54.3. The van der Waals surface area contributed by atoms with Crippen LogP contribution >= 0.6 is 0 Å². The van der Waals surface area contributed by atoms with Crippen LogP contribution in [0.25, 0.3) is 0 Å². The van der Waals surface area contributed by atoms with Crippen molar-refractivity contribution in [1.29, 1.82) is 0 Å². The van der Waals surface area contributed by atoms with E-state index in [1.807, 2.05) is 21.1 Å². The van der Waals surface area contributed by atoms with Gasteiger partial charge in [0.15, 0.2) is 6.10 Å². The number of likely N-dealkylation sites (N-methyl/N-ethyl adjacent to an activating group) is 1. The van der Waals surface area contributed by atoms with E-state index >= 15 is 0 Å². The van der Waals surface area contributed by atoms with E-state index in [-0.39, 0.29) is 32.2 Å². The molecule has 0 spiro atoms. The van der Waals surface area contributed by atoms with E-state index in [2.05, 4.69) is 123 Å². The molecule has 0 aliphatic heterocycles. The first-order chi connectivity index (χ1) is 40.6. The van der Waals surface area contributed by atoms with Gasteiger partial charge in [0.05, 0.1) is 34.4 Å². The van der Waals surface area contributed by atoms with Crippen LogP contribution in [0.4, 0.5) is 0 Å². The Hall–Kier alpha value is -4.05. The van der Waals surface area contributed by atoms with Crippen LogP contribution in [0.2, 0.25) is 0 Å². The Labute approximate surface area is 511 Å². The number of unbranched alkanes of at least 4 members (excludes halogenated alkanes) is 29. The van der Waals surface area contributed by atoms with E-state index in [0.717, 1.165) is 96.3 Å². The lowest BCUT2D eigenvalue weighted by atomic mass is 10.0. The number of nitrogens with zero attached hydrogens (tertiary/aromatic N) is 1. The van der Waals surface area contributed by atoms with Crippen molar-refractivity contribution in [3.63, 3.8) is 0 Å². The van der Waals surface area contributed by atoms with Gasteiger partial charge in [0.25, 0.3) is 6.29 Å². The maximum Gasteiger partial charge on any atom is 0.361 e. The predicted octanol–water partition coefficient (Wildman–Crippen LogP) is 21.0. The Kier molecular flexibility index (Phi) is 60.8. The van der Waals surface area contributed by atoms with Crippen LogP contribution in [0.3, 0.4) is 0 Å². The average molecular weight is 1160 g/mol. The van der Waals surface area contributed by atoms with Crippen molar-refractivity contribution in [3.05, 3.63) is 109 Å². The first kappa shape index (κ1) is 79.0. The smallest absolute Gasteiger partial charge is 0.361 e. The minimum Gasteiger partial charge on any atom is -0.477 e. The molecule has 83 heavy (non-hydrogen) atoms. The molecular weight excluding hydrogens is 1030 g/mol. The van der Waals surface area contributed by atoms with Crippen molar-refractivity contribution in [3.8, 4) is 0 Å². The van der Waals surface area contributed by atoms with Crippen LogP contribution in [-0.2, 0) is 33.3 Å². The summed E-state index contributed by atoms with van der Waals surface area (Å²) in [5.74, 6) is -2.02. The van der Waals surface area contributed by atoms with E-state index < -0.39 is 24.3 Å². The molecule has 0 aliphatic rings. The van der Waals surface area contributed by atoms with E-state index in [9.17, 15) is 19.5 Å². The van der Waals surface area contributed by atoms with Crippen molar-refractivity contribution in [2.45, 2.75) is 296 Å². The zero-order valence-electron chi connectivity index (χ0n) is 54.3. The SMILES string of the molecule is CC/C=C\C/C=C\C/C=C\C/C=C\C/C=C\C/C=C\CCCCCCCCCCC(=O)OC(COC(=O)CCCCCCCCCCCCCCCCCC/C=C\C/C=C\C/C=C\CCCCCCC)COC(OCC[N+](C)(C)C)C(=O)O. The van der Waals surface area contributed by atoms with E-state index in [1.54, 1.807) is 0 Å². The number of carbonyl (C=O) groups is 3. The number of ether oxygens (including phenoxy) is 4. The van der Waals surface area contributed by atoms with E-state index in [1.165, 1.54) is 154 Å². The highest BCUT2D eigenvalue weighted by atomic mass is 16.7. The van der Waals surface area contributed by atoms with Crippen LogP contribution in [-0.4, -0.2) is 87.4 Å². The van der Waals surface area contributed by atoms with Gasteiger partial charge in [0.2, 0.25) is 0 Å². The van der Waals surface area contributed by atoms with Gasteiger partial charge >= 0.3 is 17.9 Å². The number of allylic oxidation sites excluding steroid dienone is 18. The fraction of sp³-hybridized carbons (Fsp3) is 0.716. The number of carboxylic acid groups (broad SMARTS) is 1. The summed E-state index contributed by atoms with van der Waals surface area (Å²) in [7, 11) is 5.97. The summed E-state index contributed by atoms with van der Waals surface area (Å²) >= 11 is 0. The topological polar surface area (TPSA) is 108 Å². The molecular formula is C74H128NO8+. The van der Waals surface area contributed by atoms with E-state index in [0.29, 0.717) is 23.9 Å². The van der Waals surface area contributed by atoms with Crippen molar-refractivity contribution in [2.24, 2.45) is 0 Å². The minimum atomic E-state index is -1.52. The van der Waals surface area contributed by atoms with Gasteiger partial charge < -0.3 is 28.5 Å². The molecule has 1 N–H and O–H groups in total. The molecule has 0 aliphatic carbocycles. The van der Waals surface area contributed by atoms with Gasteiger partial charge in [-0.2, -0.15) is 0 Å². The van der Waals surface area contributed by atoms with Gasteiger partial charge in [0.1, 0.15) is 13.2 Å². The van der Waals surface area contributed by atoms with Crippen LogP contribution in [0, 0.1) is 0 Å². The standard InChI is InChI=1S/C74H127NO8/c1-6-8-10-12-14-16-18-20-22-24-26-28-30-32-34-35-36-37-39-40-42-44-46-48-50-52-54-56-58-60-62-64-71(76)81-68-70(69-82-74(73(78)79)80-67-66-75(3,4)5)83-72(77)65-63-61-59-57-55-53-51-49-47-45-43-41-38-33-31-29-27-25-23-21-19-17-15-13-11-9-7-2/h9,11,15,17-18,20-21,23-24,26-27,29-30,32-33,38,43,45,70,74H,6-8,10,12-14,16,19,22,25,28,31,34-37,39-42,44,46-69H2,1-5H3/p+1/b11-9-,17-15-,20-18-,23-21-,26-24-,29-27-,32-30-,38-33-,45-43-. The number of carboxylic acids is 1. The molecule has 9 heteroatoms. The van der Waals surface area contributed by atoms with Crippen LogP contribution in [0.1, 0.15) is 284 Å². The monoisotopic (exact) mass is 1160 g/mol. The van der Waals surface area contributed by atoms with Gasteiger partial charge in [-0.3, -0.25) is 9.59 Å². The zero-order chi connectivity index (χ0) is 60.5. The summed E-state index contributed by atoms with van der Waals surface area (Å²) in [6.45, 7) is 4.76. The largest absolute Gasteiger partial charge is 0.477 e. The molecule has 0 aromatic heterocycles. The lowest BCUT2D eigenvalue weighted by Crippen LogP contribution is -2.40. The summed E-state index contributed by atoms with van der Waals surface area (Å²) in [4.78, 5) is 37.6. The Morgan fingerprint density at radius 3 is 1.02 bits per heavy atom. The third-order valence-electron chi connectivity index (χ3n) is 14.5.